The minimum atomic E-state index is -0.803. The molecule has 1 heterocycles. The summed E-state index contributed by atoms with van der Waals surface area (Å²) in [7, 11) is 0. The van der Waals surface area contributed by atoms with Gasteiger partial charge in [0.05, 0.1) is 16.8 Å². The molecule has 1 aliphatic rings. The molecule has 0 aliphatic carbocycles. The molecular formula is C21H19BrN2O5. The van der Waals surface area contributed by atoms with Crippen molar-refractivity contribution >= 4 is 45.5 Å². The maximum absolute atomic E-state index is 13.0. The summed E-state index contributed by atoms with van der Waals surface area (Å²) in [6, 6.07) is 7.41. The Morgan fingerprint density at radius 1 is 1.14 bits per heavy atom. The summed E-state index contributed by atoms with van der Waals surface area (Å²) in [5, 5.41) is 12.2. The number of nitrogens with zero attached hydrogens (tertiary/aromatic N) is 1. The van der Waals surface area contributed by atoms with Crippen molar-refractivity contribution in [3.05, 3.63) is 57.1 Å². The minimum Gasteiger partial charge on any atom is -0.503 e. The smallest absolute Gasteiger partial charge is 0.335 e. The Balaban J connectivity index is 2.05. The van der Waals surface area contributed by atoms with Gasteiger partial charge in [0.2, 0.25) is 0 Å². The van der Waals surface area contributed by atoms with Crippen molar-refractivity contribution < 1.29 is 24.2 Å². The Labute approximate surface area is 176 Å². The Morgan fingerprint density at radius 3 is 2.52 bits per heavy atom. The van der Waals surface area contributed by atoms with Crippen LogP contribution in [0.15, 0.2) is 40.4 Å². The third-order valence-corrected chi connectivity index (χ3v) is 5.12. The van der Waals surface area contributed by atoms with E-state index in [1.54, 1.807) is 31.2 Å². The van der Waals surface area contributed by atoms with Crippen LogP contribution in [-0.2, 0) is 9.59 Å². The maximum Gasteiger partial charge on any atom is 0.335 e. The lowest BCUT2D eigenvalue weighted by Crippen LogP contribution is -2.54. The molecule has 1 aliphatic heterocycles. The summed E-state index contributed by atoms with van der Waals surface area (Å²) in [6.07, 6.45) is 1.35. The lowest BCUT2D eigenvalue weighted by Gasteiger charge is -2.27. The van der Waals surface area contributed by atoms with Crippen LogP contribution in [0.2, 0.25) is 0 Å². The van der Waals surface area contributed by atoms with Crippen molar-refractivity contribution in [2.24, 2.45) is 0 Å². The van der Waals surface area contributed by atoms with E-state index in [1.165, 1.54) is 12.1 Å². The number of ether oxygens (including phenoxy) is 1. The van der Waals surface area contributed by atoms with Gasteiger partial charge in [-0.2, -0.15) is 0 Å². The number of rotatable bonds is 4. The quantitative estimate of drug-likeness (QED) is 0.535. The number of halogens is 1. The standard InChI is InChI=1S/C21H19BrN2O5/c1-4-29-17-10-13(9-16(22)18(17)25)8-15-19(26)23-21(28)24(20(15)27)14-6-5-11(2)12(3)7-14/h5-10,25H,4H2,1-3H3,(H,23,26,28)/b15-8+. The first kappa shape index (κ1) is 20.6. The van der Waals surface area contributed by atoms with Gasteiger partial charge in [-0.3, -0.25) is 14.9 Å². The zero-order valence-electron chi connectivity index (χ0n) is 16.1. The first-order valence-corrected chi connectivity index (χ1v) is 9.66. The van der Waals surface area contributed by atoms with Gasteiger partial charge in [-0.1, -0.05) is 6.07 Å². The first-order valence-electron chi connectivity index (χ1n) is 8.87. The van der Waals surface area contributed by atoms with Gasteiger partial charge in [0.25, 0.3) is 11.8 Å². The Kier molecular flexibility index (Phi) is 5.74. The lowest BCUT2D eigenvalue weighted by atomic mass is 10.0. The number of benzene rings is 2. The number of carbonyl (C=O) groups excluding carboxylic acids is 3. The summed E-state index contributed by atoms with van der Waals surface area (Å²) >= 11 is 3.23. The fourth-order valence-electron chi connectivity index (χ4n) is 2.87. The van der Waals surface area contributed by atoms with Crippen LogP contribution in [0.25, 0.3) is 6.08 Å². The topological polar surface area (TPSA) is 95.9 Å². The van der Waals surface area contributed by atoms with Crippen molar-refractivity contribution in [3.8, 4) is 11.5 Å². The number of urea groups is 1. The molecule has 2 N–H and O–H groups in total. The number of barbiturate groups is 1. The molecule has 0 atom stereocenters. The number of hydrogen-bond acceptors (Lipinski definition) is 5. The van der Waals surface area contributed by atoms with E-state index >= 15 is 0 Å². The molecule has 4 amide bonds. The Hall–Kier alpha value is -3.13. The monoisotopic (exact) mass is 458 g/mol. The second-order valence-electron chi connectivity index (χ2n) is 6.51. The maximum atomic E-state index is 13.0. The van der Waals surface area contributed by atoms with Gasteiger partial charge in [0.15, 0.2) is 11.5 Å². The molecule has 1 fully saturated rings. The van der Waals surface area contributed by atoms with Gasteiger partial charge in [0.1, 0.15) is 5.57 Å². The number of amides is 4. The van der Waals surface area contributed by atoms with Crippen molar-refractivity contribution in [2.75, 3.05) is 11.5 Å². The number of aryl methyl sites for hydroxylation is 2. The molecule has 0 spiro atoms. The van der Waals surface area contributed by atoms with Crippen molar-refractivity contribution in [1.29, 1.82) is 0 Å². The van der Waals surface area contributed by atoms with Crippen LogP contribution in [0.1, 0.15) is 23.6 Å². The predicted octanol–water partition coefficient (Wildman–Crippen LogP) is 3.84. The molecule has 0 aromatic heterocycles. The molecule has 150 valence electrons. The van der Waals surface area contributed by atoms with Crippen LogP contribution < -0.4 is 15.0 Å². The summed E-state index contributed by atoms with van der Waals surface area (Å²) < 4.78 is 5.72. The molecular weight excluding hydrogens is 440 g/mol. The summed E-state index contributed by atoms with van der Waals surface area (Å²) in [5.41, 5.74) is 2.54. The third-order valence-electron chi connectivity index (χ3n) is 4.51. The van der Waals surface area contributed by atoms with Gasteiger partial charge >= 0.3 is 6.03 Å². The van der Waals surface area contributed by atoms with Crippen molar-refractivity contribution in [2.45, 2.75) is 20.8 Å². The average molecular weight is 459 g/mol. The largest absolute Gasteiger partial charge is 0.503 e. The summed E-state index contributed by atoms with van der Waals surface area (Å²) in [6.45, 7) is 5.89. The van der Waals surface area contributed by atoms with Gasteiger partial charge < -0.3 is 9.84 Å². The van der Waals surface area contributed by atoms with Crippen LogP contribution in [0.3, 0.4) is 0 Å². The highest BCUT2D eigenvalue weighted by Crippen LogP contribution is 2.36. The number of aromatic hydroxyl groups is 1. The highest BCUT2D eigenvalue weighted by atomic mass is 79.9. The number of phenolic OH excluding ortho intramolecular Hbond substituents is 1. The molecule has 0 radical (unpaired) electrons. The first-order chi connectivity index (χ1) is 13.7. The SMILES string of the molecule is CCOc1cc(/C=C2\C(=O)NC(=O)N(c3ccc(C)c(C)c3)C2=O)cc(Br)c1O. The number of carbonyl (C=O) groups is 3. The second-order valence-corrected chi connectivity index (χ2v) is 7.36. The van der Waals surface area contributed by atoms with E-state index in [0.29, 0.717) is 22.3 Å². The van der Waals surface area contributed by atoms with Crippen LogP contribution in [0, 0.1) is 13.8 Å². The summed E-state index contributed by atoms with van der Waals surface area (Å²) in [5.74, 6) is -1.40. The second kappa shape index (κ2) is 8.08. The van der Waals surface area contributed by atoms with Crippen LogP contribution in [-0.4, -0.2) is 29.6 Å². The molecule has 7 nitrogen and oxygen atoms in total. The zero-order chi connectivity index (χ0) is 21.3. The molecule has 2 aromatic rings. The number of hydrogen-bond donors (Lipinski definition) is 2. The van der Waals surface area contributed by atoms with E-state index < -0.39 is 17.8 Å². The highest BCUT2D eigenvalue weighted by molar-refractivity contribution is 9.10. The van der Waals surface area contributed by atoms with E-state index in [-0.39, 0.29) is 17.1 Å². The number of phenols is 1. The molecule has 2 aromatic carbocycles. The third kappa shape index (κ3) is 4.02. The minimum absolute atomic E-state index is 0.0830. The van der Waals surface area contributed by atoms with Gasteiger partial charge in [0, 0.05) is 0 Å². The molecule has 8 heteroatoms. The summed E-state index contributed by atoms with van der Waals surface area (Å²) in [4.78, 5) is 38.6. The number of anilines is 1. The van der Waals surface area contributed by atoms with Crippen molar-refractivity contribution in [1.82, 2.24) is 5.32 Å². The molecule has 0 bridgehead atoms. The predicted molar refractivity (Wildman–Crippen MR) is 112 cm³/mol. The highest BCUT2D eigenvalue weighted by Gasteiger charge is 2.37. The normalized spacial score (nSPS) is 15.7. The molecule has 1 saturated heterocycles. The average Bonchev–Trinajstić information content (AvgIpc) is 2.65. The van der Waals surface area contributed by atoms with Crippen molar-refractivity contribution in [3.63, 3.8) is 0 Å². The van der Waals surface area contributed by atoms with Crippen LogP contribution in [0.4, 0.5) is 10.5 Å². The fourth-order valence-corrected chi connectivity index (χ4v) is 3.33. The van der Waals surface area contributed by atoms with Gasteiger partial charge in [-0.05, 0) is 83.7 Å². The zero-order valence-corrected chi connectivity index (χ0v) is 17.7. The van der Waals surface area contributed by atoms with Crippen LogP contribution >= 0.6 is 15.9 Å². The molecule has 29 heavy (non-hydrogen) atoms. The Bertz CT molecular complexity index is 1060. The van der Waals surface area contributed by atoms with E-state index in [4.69, 9.17) is 4.74 Å². The lowest BCUT2D eigenvalue weighted by molar-refractivity contribution is -0.122. The molecule has 0 unspecified atom stereocenters. The Morgan fingerprint density at radius 2 is 1.86 bits per heavy atom. The van der Waals surface area contributed by atoms with E-state index in [1.807, 2.05) is 13.8 Å². The molecule has 0 saturated carbocycles. The fraction of sp³-hybridized carbons (Fsp3) is 0.190. The number of nitrogens with one attached hydrogen (secondary N) is 1. The van der Waals surface area contributed by atoms with E-state index in [0.717, 1.165) is 16.0 Å². The molecule has 3 rings (SSSR count). The van der Waals surface area contributed by atoms with E-state index in [9.17, 15) is 19.5 Å². The number of imide groups is 2. The van der Waals surface area contributed by atoms with Gasteiger partial charge in [-0.15, -0.1) is 0 Å². The van der Waals surface area contributed by atoms with Crippen LogP contribution in [0.5, 0.6) is 11.5 Å². The van der Waals surface area contributed by atoms with Gasteiger partial charge in [-0.25, -0.2) is 9.69 Å². The van der Waals surface area contributed by atoms with E-state index in [2.05, 4.69) is 21.2 Å².